The maximum absolute atomic E-state index is 13.1. The van der Waals surface area contributed by atoms with Gasteiger partial charge in [0.2, 0.25) is 0 Å². The van der Waals surface area contributed by atoms with Crippen molar-refractivity contribution in [2.75, 3.05) is 7.05 Å². The van der Waals surface area contributed by atoms with Crippen LogP contribution >= 0.6 is 11.6 Å². The Balaban J connectivity index is 2.33. The number of nitrogens with zero attached hydrogens (tertiary/aromatic N) is 2. The number of halogens is 2. The first-order valence-corrected chi connectivity index (χ1v) is 6.93. The van der Waals surface area contributed by atoms with Gasteiger partial charge in [-0.25, -0.2) is 4.39 Å². The molecule has 20 heavy (non-hydrogen) atoms. The van der Waals surface area contributed by atoms with Crippen LogP contribution in [0.1, 0.15) is 28.6 Å². The lowest BCUT2D eigenvalue weighted by Crippen LogP contribution is -2.20. The normalized spacial score (nSPS) is 12.7. The summed E-state index contributed by atoms with van der Waals surface area (Å²) < 4.78 is 15.0. The van der Waals surface area contributed by atoms with E-state index in [0.717, 1.165) is 17.0 Å². The number of aryl methyl sites for hydroxylation is 2. The van der Waals surface area contributed by atoms with Gasteiger partial charge in [0.1, 0.15) is 5.82 Å². The first-order valence-electron chi connectivity index (χ1n) is 6.55. The molecule has 2 aromatic rings. The SMILES string of the molecule is CNC(Cc1ccc(F)cc1Cl)c1c(C)nn(C)c1C. The van der Waals surface area contributed by atoms with Crippen molar-refractivity contribution in [1.29, 1.82) is 0 Å². The molecule has 0 saturated heterocycles. The topological polar surface area (TPSA) is 29.9 Å². The summed E-state index contributed by atoms with van der Waals surface area (Å²) in [6.45, 7) is 4.05. The number of hydrogen-bond acceptors (Lipinski definition) is 2. The van der Waals surface area contributed by atoms with Crippen molar-refractivity contribution >= 4 is 11.6 Å². The summed E-state index contributed by atoms with van der Waals surface area (Å²) in [5.41, 5.74) is 4.23. The van der Waals surface area contributed by atoms with Crippen LogP contribution in [0.4, 0.5) is 4.39 Å². The zero-order chi connectivity index (χ0) is 14.9. The predicted octanol–water partition coefficient (Wildman–Crippen LogP) is 3.33. The lowest BCUT2D eigenvalue weighted by molar-refractivity contribution is 0.582. The molecular weight excluding hydrogens is 277 g/mol. The summed E-state index contributed by atoms with van der Waals surface area (Å²) in [6, 6.07) is 4.64. The Kier molecular flexibility index (Phi) is 4.45. The molecule has 3 nitrogen and oxygen atoms in total. The molecule has 0 radical (unpaired) electrons. The van der Waals surface area contributed by atoms with Crippen molar-refractivity contribution in [3.8, 4) is 0 Å². The highest BCUT2D eigenvalue weighted by Gasteiger charge is 2.20. The van der Waals surface area contributed by atoms with Gasteiger partial charge in [-0.3, -0.25) is 4.68 Å². The Morgan fingerprint density at radius 2 is 2.10 bits per heavy atom. The van der Waals surface area contributed by atoms with E-state index in [1.807, 2.05) is 32.6 Å². The zero-order valence-corrected chi connectivity index (χ0v) is 12.9. The second-order valence-corrected chi connectivity index (χ2v) is 5.40. The van der Waals surface area contributed by atoms with Crippen LogP contribution < -0.4 is 5.32 Å². The van der Waals surface area contributed by atoms with Crippen molar-refractivity contribution in [3.63, 3.8) is 0 Å². The first-order chi connectivity index (χ1) is 9.43. The van der Waals surface area contributed by atoms with Gasteiger partial charge in [0.25, 0.3) is 0 Å². The van der Waals surface area contributed by atoms with Crippen LogP contribution in [0, 0.1) is 19.7 Å². The molecule has 0 aliphatic heterocycles. The van der Waals surface area contributed by atoms with Crippen LogP contribution in [0.2, 0.25) is 5.02 Å². The van der Waals surface area contributed by atoms with Crippen LogP contribution in [0.3, 0.4) is 0 Å². The van der Waals surface area contributed by atoms with E-state index in [-0.39, 0.29) is 11.9 Å². The fraction of sp³-hybridized carbons (Fsp3) is 0.400. The molecule has 108 valence electrons. The largest absolute Gasteiger partial charge is 0.313 e. The highest BCUT2D eigenvalue weighted by Crippen LogP contribution is 2.27. The molecule has 0 aliphatic rings. The van der Waals surface area contributed by atoms with Crippen molar-refractivity contribution in [2.24, 2.45) is 7.05 Å². The van der Waals surface area contributed by atoms with Crippen molar-refractivity contribution < 1.29 is 4.39 Å². The minimum atomic E-state index is -0.312. The summed E-state index contributed by atoms with van der Waals surface area (Å²) in [4.78, 5) is 0. The standard InChI is InChI=1S/C15H19ClFN3/c1-9-15(10(2)20(4)19-9)14(18-3)7-11-5-6-12(17)8-13(11)16/h5-6,8,14,18H,7H2,1-4H3. The Labute approximate surface area is 123 Å². The molecule has 1 atom stereocenters. The highest BCUT2D eigenvalue weighted by molar-refractivity contribution is 6.31. The maximum atomic E-state index is 13.1. The van der Waals surface area contributed by atoms with Gasteiger partial charge >= 0.3 is 0 Å². The molecule has 0 amide bonds. The van der Waals surface area contributed by atoms with E-state index in [1.165, 1.54) is 17.7 Å². The molecule has 2 rings (SSSR count). The monoisotopic (exact) mass is 295 g/mol. The summed E-state index contributed by atoms with van der Waals surface area (Å²) in [5.74, 6) is -0.312. The average molecular weight is 296 g/mol. The van der Waals surface area contributed by atoms with E-state index in [1.54, 1.807) is 6.07 Å². The second kappa shape index (κ2) is 5.94. The maximum Gasteiger partial charge on any atom is 0.124 e. The van der Waals surface area contributed by atoms with E-state index in [0.29, 0.717) is 11.4 Å². The van der Waals surface area contributed by atoms with Gasteiger partial charge in [-0.15, -0.1) is 0 Å². The zero-order valence-electron chi connectivity index (χ0n) is 12.2. The molecule has 1 aromatic heterocycles. The molecule has 0 bridgehead atoms. The molecule has 0 saturated carbocycles. The van der Waals surface area contributed by atoms with Crippen LogP contribution in [-0.4, -0.2) is 16.8 Å². The van der Waals surface area contributed by atoms with Crippen LogP contribution in [0.25, 0.3) is 0 Å². The third-order valence-corrected chi connectivity index (χ3v) is 4.05. The molecule has 0 spiro atoms. The Bertz CT molecular complexity index is 622. The number of hydrogen-bond donors (Lipinski definition) is 1. The molecule has 1 heterocycles. The fourth-order valence-corrected chi connectivity index (χ4v) is 2.79. The fourth-order valence-electron chi connectivity index (χ4n) is 2.55. The van der Waals surface area contributed by atoms with Crippen molar-refractivity contribution in [3.05, 3.63) is 51.6 Å². The first kappa shape index (κ1) is 15.0. The minimum absolute atomic E-state index is 0.103. The molecule has 5 heteroatoms. The van der Waals surface area contributed by atoms with Crippen LogP contribution in [-0.2, 0) is 13.5 Å². The van der Waals surface area contributed by atoms with E-state index >= 15 is 0 Å². The van der Waals surface area contributed by atoms with Gasteiger partial charge in [0.15, 0.2) is 0 Å². The van der Waals surface area contributed by atoms with Gasteiger partial charge in [-0.1, -0.05) is 17.7 Å². The van der Waals surface area contributed by atoms with E-state index in [2.05, 4.69) is 10.4 Å². The van der Waals surface area contributed by atoms with Gasteiger partial charge in [-0.05, 0) is 45.0 Å². The molecule has 1 aromatic carbocycles. The molecule has 1 N–H and O–H groups in total. The third-order valence-electron chi connectivity index (χ3n) is 3.70. The van der Waals surface area contributed by atoms with E-state index in [4.69, 9.17) is 11.6 Å². The van der Waals surface area contributed by atoms with Crippen LogP contribution in [0.5, 0.6) is 0 Å². The lowest BCUT2D eigenvalue weighted by atomic mass is 9.97. The average Bonchev–Trinajstić information content (AvgIpc) is 2.63. The number of likely N-dealkylation sites (N-methyl/N-ethyl adjacent to an activating group) is 1. The summed E-state index contributed by atoms with van der Waals surface area (Å²) in [6.07, 6.45) is 0.697. The molecule has 0 fully saturated rings. The smallest absolute Gasteiger partial charge is 0.124 e. The molecule has 0 aliphatic carbocycles. The van der Waals surface area contributed by atoms with Crippen molar-refractivity contribution in [1.82, 2.24) is 15.1 Å². The number of nitrogens with one attached hydrogen (secondary N) is 1. The second-order valence-electron chi connectivity index (χ2n) is 4.99. The van der Waals surface area contributed by atoms with Gasteiger partial charge in [-0.2, -0.15) is 5.10 Å². The Morgan fingerprint density at radius 1 is 1.40 bits per heavy atom. The highest BCUT2D eigenvalue weighted by atomic mass is 35.5. The number of rotatable bonds is 4. The van der Waals surface area contributed by atoms with Gasteiger partial charge in [0.05, 0.1) is 5.69 Å². The van der Waals surface area contributed by atoms with E-state index in [9.17, 15) is 4.39 Å². The summed E-state index contributed by atoms with van der Waals surface area (Å²) >= 11 is 6.11. The Hall–Kier alpha value is -1.39. The third kappa shape index (κ3) is 2.86. The number of benzene rings is 1. The van der Waals surface area contributed by atoms with Gasteiger partial charge < -0.3 is 5.32 Å². The summed E-state index contributed by atoms with van der Waals surface area (Å²) in [7, 11) is 3.84. The summed E-state index contributed by atoms with van der Waals surface area (Å²) in [5, 5.41) is 8.20. The Morgan fingerprint density at radius 3 is 2.60 bits per heavy atom. The van der Waals surface area contributed by atoms with Crippen LogP contribution in [0.15, 0.2) is 18.2 Å². The molecular formula is C15H19ClFN3. The van der Waals surface area contributed by atoms with Gasteiger partial charge in [0, 0.05) is 29.4 Å². The molecule has 1 unspecified atom stereocenters. The number of aromatic nitrogens is 2. The van der Waals surface area contributed by atoms with E-state index < -0.39 is 0 Å². The predicted molar refractivity (Wildman–Crippen MR) is 79.6 cm³/mol. The quantitative estimate of drug-likeness (QED) is 0.937. The van der Waals surface area contributed by atoms with Crippen molar-refractivity contribution in [2.45, 2.75) is 26.3 Å². The lowest BCUT2D eigenvalue weighted by Gasteiger charge is -2.18. The minimum Gasteiger partial charge on any atom is -0.313 e.